The van der Waals surface area contributed by atoms with Gasteiger partial charge >= 0.3 is 0 Å². The number of aromatic nitrogens is 2. The Kier molecular flexibility index (Phi) is 6.82. The van der Waals surface area contributed by atoms with Crippen molar-refractivity contribution in [3.63, 3.8) is 0 Å². The summed E-state index contributed by atoms with van der Waals surface area (Å²) in [5.41, 5.74) is 3.97. The lowest BCUT2D eigenvalue weighted by molar-refractivity contribution is -0.117. The molecular weight excluding hydrogens is 406 g/mol. The average molecular weight is 436 g/mol. The minimum atomic E-state index is 0.0249. The van der Waals surface area contributed by atoms with Crippen molar-refractivity contribution >= 4 is 11.6 Å². The highest BCUT2D eigenvalue weighted by Crippen LogP contribution is 2.21. The summed E-state index contributed by atoms with van der Waals surface area (Å²) < 4.78 is 10.6. The summed E-state index contributed by atoms with van der Waals surface area (Å²) in [4.78, 5) is 21.5. The average Bonchev–Trinajstić information content (AvgIpc) is 3.26. The summed E-state index contributed by atoms with van der Waals surface area (Å²) in [5.74, 6) is 1.98. The van der Waals surface area contributed by atoms with E-state index in [9.17, 15) is 4.79 Å². The van der Waals surface area contributed by atoms with Crippen molar-refractivity contribution in [2.75, 3.05) is 45.2 Å². The zero-order valence-electron chi connectivity index (χ0n) is 18.8. The number of aryl methyl sites for hydroxylation is 2. The quantitative estimate of drug-likeness (QED) is 0.610. The molecule has 0 bridgehead atoms. The molecular formula is C24H29N5O3. The van der Waals surface area contributed by atoms with E-state index in [1.54, 1.807) is 7.11 Å². The molecule has 2 heterocycles. The van der Waals surface area contributed by atoms with Gasteiger partial charge in [-0.2, -0.15) is 4.98 Å². The molecule has 1 aliphatic rings. The number of amides is 1. The van der Waals surface area contributed by atoms with Crippen LogP contribution in [0.1, 0.15) is 17.0 Å². The van der Waals surface area contributed by atoms with Crippen LogP contribution in [-0.4, -0.2) is 65.7 Å². The number of benzene rings is 2. The normalized spacial score (nSPS) is 15.0. The Balaban J connectivity index is 1.25. The summed E-state index contributed by atoms with van der Waals surface area (Å²) in [5, 5.41) is 7.17. The molecule has 8 heteroatoms. The molecule has 0 atom stereocenters. The fourth-order valence-corrected chi connectivity index (χ4v) is 3.87. The van der Waals surface area contributed by atoms with Crippen LogP contribution in [0.25, 0.3) is 11.4 Å². The number of para-hydroxylation sites is 1. The lowest BCUT2D eigenvalue weighted by atomic mass is 10.1. The van der Waals surface area contributed by atoms with Gasteiger partial charge in [0.2, 0.25) is 17.6 Å². The van der Waals surface area contributed by atoms with E-state index in [0.717, 1.165) is 54.3 Å². The van der Waals surface area contributed by atoms with Crippen LogP contribution in [0, 0.1) is 13.8 Å². The molecule has 1 saturated heterocycles. The Labute approximate surface area is 188 Å². The number of methoxy groups -OCH3 is 1. The topological polar surface area (TPSA) is 83.7 Å². The van der Waals surface area contributed by atoms with Crippen molar-refractivity contribution in [1.82, 2.24) is 19.9 Å². The highest BCUT2D eigenvalue weighted by atomic mass is 16.5. The maximum Gasteiger partial charge on any atom is 0.241 e. The monoisotopic (exact) mass is 435 g/mol. The Morgan fingerprint density at radius 1 is 1.03 bits per heavy atom. The SMILES string of the molecule is COc1ccc(-c2noc(CN3CCN(CC(=O)Nc4c(C)cccc4C)CC3)n2)cc1. The molecule has 0 saturated carbocycles. The summed E-state index contributed by atoms with van der Waals surface area (Å²) in [6, 6.07) is 13.6. The minimum absolute atomic E-state index is 0.0249. The first-order chi connectivity index (χ1) is 15.5. The summed E-state index contributed by atoms with van der Waals surface area (Å²) in [6.07, 6.45) is 0. The zero-order chi connectivity index (χ0) is 22.5. The van der Waals surface area contributed by atoms with E-state index < -0.39 is 0 Å². The minimum Gasteiger partial charge on any atom is -0.497 e. The number of hydrogen-bond acceptors (Lipinski definition) is 7. The number of rotatable bonds is 7. The number of piperazine rings is 1. The summed E-state index contributed by atoms with van der Waals surface area (Å²) in [7, 11) is 1.64. The van der Waals surface area contributed by atoms with Gasteiger partial charge < -0.3 is 14.6 Å². The molecule has 1 fully saturated rings. The Bertz CT molecular complexity index is 1040. The number of hydrogen-bond donors (Lipinski definition) is 1. The van der Waals surface area contributed by atoms with Crippen LogP contribution in [0.5, 0.6) is 5.75 Å². The molecule has 168 valence electrons. The van der Waals surface area contributed by atoms with E-state index in [1.165, 1.54) is 0 Å². The third kappa shape index (κ3) is 5.33. The third-order valence-electron chi connectivity index (χ3n) is 5.75. The van der Waals surface area contributed by atoms with Crippen LogP contribution < -0.4 is 10.1 Å². The Morgan fingerprint density at radius 2 is 1.69 bits per heavy atom. The lowest BCUT2D eigenvalue weighted by Gasteiger charge is -2.33. The van der Waals surface area contributed by atoms with Gasteiger partial charge in [-0.05, 0) is 49.2 Å². The zero-order valence-corrected chi connectivity index (χ0v) is 18.8. The standard InChI is InChI=1S/C24H29N5O3/c1-17-5-4-6-18(2)23(17)25-21(30)15-28-11-13-29(14-12-28)16-22-26-24(27-32-22)19-7-9-20(31-3)10-8-19/h4-10H,11-16H2,1-3H3,(H,25,30). The fourth-order valence-electron chi connectivity index (χ4n) is 3.87. The maximum atomic E-state index is 12.5. The van der Waals surface area contributed by atoms with Gasteiger partial charge in [-0.25, -0.2) is 0 Å². The van der Waals surface area contributed by atoms with E-state index in [1.807, 2.05) is 56.3 Å². The molecule has 32 heavy (non-hydrogen) atoms. The first-order valence-electron chi connectivity index (χ1n) is 10.8. The van der Waals surface area contributed by atoms with Gasteiger partial charge in [0, 0.05) is 37.4 Å². The molecule has 0 unspecified atom stereocenters. The van der Waals surface area contributed by atoms with Gasteiger partial charge in [-0.15, -0.1) is 0 Å². The summed E-state index contributed by atoms with van der Waals surface area (Å²) in [6.45, 7) is 8.35. The van der Waals surface area contributed by atoms with E-state index in [2.05, 4.69) is 25.3 Å². The van der Waals surface area contributed by atoms with E-state index in [4.69, 9.17) is 9.26 Å². The molecule has 1 aromatic heterocycles. The van der Waals surface area contributed by atoms with Crippen LogP contribution >= 0.6 is 0 Å². The first-order valence-corrected chi connectivity index (χ1v) is 10.8. The molecule has 3 aromatic rings. The lowest BCUT2D eigenvalue weighted by Crippen LogP contribution is -2.48. The first kappa shape index (κ1) is 22.0. The van der Waals surface area contributed by atoms with Crippen molar-refractivity contribution in [3.8, 4) is 17.1 Å². The number of carbonyl (C=O) groups excluding carboxylic acids is 1. The summed E-state index contributed by atoms with van der Waals surface area (Å²) >= 11 is 0. The second-order valence-corrected chi connectivity index (χ2v) is 8.11. The van der Waals surface area contributed by atoms with Gasteiger partial charge in [0.25, 0.3) is 0 Å². The van der Waals surface area contributed by atoms with Crippen molar-refractivity contribution in [2.45, 2.75) is 20.4 Å². The number of nitrogens with zero attached hydrogens (tertiary/aromatic N) is 4. The highest BCUT2D eigenvalue weighted by molar-refractivity contribution is 5.93. The Hall–Kier alpha value is -3.23. The molecule has 0 radical (unpaired) electrons. The molecule has 0 spiro atoms. The fraction of sp³-hybridized carbons (Fsp3) is 0.375. The van der Waals surface area contributed by atoms with Crippen molar-refractivity contribution in [1.29, 1.82) is 0 Å². The Morgan fingerprint density at radius 3 is 2.34 bits per heavy atom. The van der Waals surface area contributed by atoms with Crippen LogP contribution in [0.4, 0.5) is 5.69 Å². The van der Waals surface area contributed by atoms with Crippen LogP contribution in [0.15, 0.2) is 47.0 Å². The van der Waals surface area contributed by atoms with Crippen LogP contribution in [0.2, 0.25) is 0 Å². The highest BCUT2D eigenvalue weighted by Gasteiger charge is 2.21. The molecule has 1 amide bonds. The molecule has 1 aliphatic heterocycles. The van der Waals surface area contributed by atoms with Crippen LogP contribution in [0.3, 0.4) is 0 Å². The predicted molar refractivity (Wildman–Crippen MR) is 123 cm³/mol. The number of anilines is 1. The van der Waals surface area contributed by atoms with Crippen LogP contribution in [-0.2, 0) is 11.3 Å². The second kappa shape index (κ2) is 9.93. The van der Waals surface area contributed by atoms with E-state index in [0.29, 0.717) is 24.8 Å². The molecule has 4 rings (SSSR count). The van der Waals surface area contributed by atoms with Gasteiger partial charge in [0.1, 0.15) is 5.75 Å². The van der Waals surface area contributed by atoms with Gasteiger partial charge in [-0.1, -0.05) is 23.4 Å². The van der Waals surface area contributed by atoms with Gasteiger partial charge in [-0.3, -0.25) is 14.6 Å². The molecule has 2 aromatic carbocycles. The number of ether oxygens (including phenoxy) is 1. The smallest absolute Gasteiger partial charge is 0.241 e. The number of nitrogens with one attached hydrogen (secondary N) is 1. The predicted octanol–water partition coefficient (Wildman–Crippen LogP) is 3.12. The third-order valence-corrected chi connectivity index (χ3v) is 5.75. The largest absolute Gasteiger partial charge is 0.497 e. The van der Waals surface area contributed by atoms with Gasteiger partial charge in [0.15, 0.2) is 0 Å². The van der Waals surface area contributed by atoms with Crippen molar-refractivity contribution < 1.29 is 14.1 Å². The van der Waals surface area contributed by atoms with E-state index >= 15 is 0 Å². The number of carbonyl (C=O) groups is 1. The maximum absolute atomic E-state index is 12.5. The molecule has 1 N–H and O–H groups in total. The molecule has 8 nitrogen and oxygen atoms in total. The second-order valence-electron chi connectivity index (χ2n) is 8.11. The molecule has 0 aliphatic carbocycles. The van der Waals surface area contributed by atoms with E-state index in [-0.39, 0.29) is 5.91 Å². The van der Waals surface area contributed by atoms with Crippen molar-refractivity contribution in [3.05, 3.63) is 59.5 Å². The van der Waals surface area contributed by atoms with Crippen molar-refractivity contribution in [2.24, 2.45) is 0 Å². The van der Waals surface area contributed by atoms with Gasteiger partial charge in [0.05, 0.1) is 20.2 Å².